The lowest BCUT2D eigenvalue weighted by Crippen LogP contribution is -2.47. The first kappa shape index (κ1) is 14.1. The fourth-order valence-electron chi connectivity index (χ4n) is 4.44. The molecule has 0 aromatic heterocycles. The molecule has 0 aromatic rings. The van der Waals surface area contributed by atoms with Gasteiger partial charge in [-0.2, -0.15) is 0 Å². The highest BCUT2D eigenvalue weighted by molar-refractivity contribution is 5.94. The third-order valence-electron chi connectivity index (χ3n) is 4.94. The molecule has 2 saturated carbocycles. The normalized spacial score (nSPS) is 33.9. The van der Waals surface area contributed by atoms with Crippen molar-refractivity contribution < 1.29 is 19.8 Å². The van der Waals surface area contributed by atoms with Crippen LogP contribution >= 0.6 is 0 Å². The van der Waals surface area contributed by atoms with Crippen molar-refractivity contribution in [2.24, 2.45) is 23.2 Å². The number of fused-ring (bicyclic) bond motifs is 2. The van der Waals surface area contributed by atoms with E-state index in [4.69, 9.17) is 0 Å². The highest BCUT2D eigenvalue weighted by atomic mass is 16.4. The molecule has 2 fully saturated rings. The number of aliphatic carboxylic acids is 2. The Balaban J connectivity index is 2.33. The van der Waals surface area contributed by atoms with Gasteiger partial charge in [0.1, 0.15) is 0 Å². The molecule has 2 N–H and O–H groups in total. The number of hydrogen-bond donors (Lipinski definition) is 2. The van der Waals surface area contributed by atoms with Crippen molar-refractivity contribution in [3.63, 3.8) is 0 Å². The molecule has 0 amide bonds. The average molecular weight is 266 g/mol. The minimum Gasteiger partial charge on any atom is -0.481 e. The number of hydrogen-bond acceptors (Lipinski definition) is 2. The maximum atomic E-state index is 11.4. The van der Waals surface area contributed by atoms with E-state index in [1.165, 1.54) is 6.42 Å². The molecule has 2 aliphatic rings. The SMILES string of the molecule is C=CC[C@@]1(C(C(=O)O)C(=O)O)CC2CCC[C@H](C2)C1. The quantitative estimate of drug-likeness (QED) is 0.592. The molecule has 0 aliphatic heterocycles. The van der Waals surface area contributed by atoms with Crippen molar-refractivity contribution >= 4 is 11.9 Å². The molecule has 1 unspecified atom stereocenters. The zero-order chi connectivity index (χ0) is 14.0. The largest absolute Gasteiger partial charge is 0.481 e. The zero-order valence-electron chi connectivity index (χ0n) is 11.2. The van der Waals surface area contributed by atoms with Gasteiger partial charge in [-0.1, -0.05) is 25.3 Å². The first-order valence-electron chi connectivity index (χ1n) is 7.05. The summed E-state index contributed by atoms with van der Waals surface area (Å²) in [6, 6.07) is 0. The second-order valence-corrected chi connectivity index (χ2v) is 6.27. The Morgan fingerprint density at radius 1 is 1.21 bits per heavy atom. The molecule has 4 nitrogen and oxygen atoms in total. The summed E-state index contributed by atoms with van der Waals surface area (Å²) in [5.74, 6) is -2.71. The van der Waals surface area contributed by atoms with E-state index in [0.717, 1.165) is 32.1 Å². The molecule has 3 atom stereocenters. The van der Waals surface area contributed by atoms with Crippen LogP contribution in [0.2, 0.25) is 0 Å². The first-order chi connectivity index (χ1) is 8.98. The van der Waals surface area contributed by atoms with Gasteiger partial charge < -0.3 is 10.2 Å². The van der Waals surface area contributed by atoms with Gasteiger partial charge in [0, 0.05) is 0 Å². The Hall–Kier alpha value is -1.32. The third-order valence-corrected chi connectivity index (χ3v) is 4.94. The predicted molar refractivity (Wildman–Crippen MR) is 70.7 cm³/mol. The summed E-state index contributed by atoms with van der Waals surface area (Å²) < 4.78 is 0. The van der Waals surface area contributed by atoms with Gasteiger partial charge in [0.15, 0.2) is 5.92 Å². The molecule has 2 bridgehead atoms. The van der Waals surface area contributed by atoms with Crippen LogP contribution in [0.4, 0.5) is 0 Å². The molecule has 106 valence electrons. The smallest absolute Gasteiger partial charge is 0.318 e. The van der Waals surface area contributed by atoms with Gasteiger partial charge in [-0.15, -0.1) is 6.58 Å². The number of allylic oxidation sites excluding steroid dienone is 1. The Morgan fingerprint density at radius 2 is 1.74 bits per heavy atom. The van der Waals surface area contributed by atoms with Crippen molar-refractivity contribution in [3.8, 4) is 0 Å². The molecular formula is C15H22O4. The maximum absolute atomic E-state index is 11.4. The van der Waals surface area contributed by atoms with Crippen LogP contribution in [-0.4, -0.2) is 22.2 Å². The molecule has 0 heterocycles. The van der Waals surface area contributed by atoms with E-state index in [0.29, 0.717) is 18.3 Å². The molecule has 4 heteroatoms. The van der Waals surface area contributed by atoms with Crippen molar-refractivity contribution in [2.75, 3.05) is 0 Å². The van der Waals surface area contributed by atoms with Crippen LogP contribution in [0.1, 0.15) is 44.9 Å². The number of carbonyl (C=O) groups is 2. The van der Waals surface area contributed by atoms with E-state index in [2.05, 4.69) is 6.58 Å². The number of rotatable bonds is 5. The molecule has 19 heavy (non-hydrogen) atoms. The zero-order valence-corrected chi connectivity index (χ0v) is 11.2. The number of carboxylic acids is 2. The second kappa shape index (κ2) is 5.35. The Labute approximate surface area is 113 Å². The summed E-state index contributed by atoms with van der Waals surface area (Å²) in [5, 5.41) is 18.7. The second-order valence-electron chi connectivity index (χ2n) is 6.27. The summed E-state index contributed by atoms with van der Waals surface area (Å²) >= 11 is 0. The van der Waals surface area contributed by atoms with E-state index >= 15 is 0 Å². The van der Waals surface area contributed by atoms with Crippen LogP contribution in [0.25, 0.3) is 0 Å². The lowest BCUT2D eigenvalue weighted by atomic mass is 9.55. The van der Waals surface area contributed by atoms with Gasteiger partial charge >= 0.3 is 11.9 Å². The van der Waals surface area contributed by atoms with E-state index in [-0.39, 0.29) is 0 Å². The monoisotopic (exact) mass is 266 g/mol. The van der Waals surface area contributed by atoms with Gasteiger partial charge in [0.05, 0.1) is 0 Å². The number of carboxylic acid groups (broad SMARTS) is 2. The summed E-state index contributed by atoms with van der Waals surface area (Å²) in [4.78, 5) is 22.8. The van der Waals surface area contributed by atoms with Crippen molar-refractivity contribution in [1.29, 1.82) is 0 Å². The fraction of sp³-hybridized carbons (Fsp3) is 0.733. The van der Waals surface area contributed by atoms with E-state index < -0.39 is 23.3 Å². The Morgan fingerprint density at radius 3 is 2.16 bits per heavy atom. The van der Waals surface area contributed by atoms with Gasteiger partial charge in [0.2, 0.25) is 0 Å². The standard InChI is InChI=1S/C15H22O4/c1-2-6-15(12(13(16)17)14(18)19)8-10-4-3-5-11(7-10)9-15/h2,10-12H,1,3-9H2,(H,16,17)(H,18,19)/t10-,11?,15+/m1/s1. The van der Waals surface area contributed by atoms with Crippen molar-refractivity contribution in [2.45, 2.75) is 44.9 Å². The molecular weight excluding hydrogens is 244 g/mol. The lowest BCUT2D eigenvalue weighted by molar-refractivity contribution is -0.165. The third kappa shape index (κ3) is 2.67. The van der Waals surface area contributed by atoms with Crippen LogP contribution in [-0.2, 0) is 9.59 Å². The van der Waals surface area contributed by atoms with Crippen LogP contribution in [0.3, 0.4) is 0 Å². The van der Waals surface area contributed by atoms with E-state index in [1.54, 1.807) is 6.08 Å². The summed E-state index contributed by atoms with van der Waals surface area (Å²) in [5.41, 5.74) is -0.632. The van der Waals surface area contributed by atoms with E-state index in [1.807, 2.05) is 0 Å². The average Bonchev–Trinajstić information content (AvgIpc) is 2.27. The summed E-state index contributed by atoms with van der Waals surface area (Å²) in [6.45, 7) is 3.71. The summed E-state index contributed by atoms with van der Waals surface area (Å²) in [6.07, 6.45) is 8.19. The highest BCUT2D eigenvalue weighted by Crippen LogP contribution is 2.54. The van der Waals surface area contributed by atoms with E-state index in [9.17, 15) is 19.8 Å². The molecule has 0 radical (unpaired) electrons. The van der Waals surface area contributed by atoms with Crippen LogP contribution < -0.4 is 0 Å². The van der Waals surface area contributed by atoms with Crippen LogP contribution in [0.5, 0.6) is 0 Å². The molecule has 0 spiro atoms. The van der Waals surface area contributed by atoms with Crippen molar-refractivity contribution in [3.05, 3.63) is 12.7 Å². The molecule has 2 rings (SSSR count). The maximum Gasteiger partial charge on any atom is 0.318 e. The Kier molecular flexibility index (Phi) is 3.97. The minimum absolute atomic E-state index is 0.489. The molecule has 0 aromatic carbocycles. The first-order valence-corrected chi connectivity index (χ1v) is 7.05. The molecule has 0 saturated heterocycles. The van der Waals surface area contributed by atoms with Crippen LogP contribution in [0.15, 0.2) is 12.7 Å². The minimum atomic E-state index is -1.30. The lowest BCUT2D eigenvalue weighted by Gasteiger charge is -2.48. The van der Waals surface area contributed by atoms with Crippen molar-refractivity contribution in [1.82, 2.24) is 0 Å². The Bertz CT molecular complexity index is 362. The van der Waals surface area contributed by atoms with Gasteiger partial charge in [-0.05, 0) is 42.9 Å². The fourth-order valence-corrected chi connectivity index (χ4v) is 4.44. The summed E-state index contributed by atoms with van der Waals surface area (Å²) in [7, 11) is 0. The molecule has 2 aliphatic carbocycles. The van der Waals surface area contributed by atoms with Crippen LogP contribution in [0, 0.1) is 23.2 Å². The highest BCUT2D eigenvalue weighted by Gasteiger charge is 2.52. The van der Waals surface area contributed by atoms with Gasteiger partial charge in [-0.3, -0.25) is 9.59 Å². The predicted octanol–water partition coefficient (Wildman–Crippen LogP) is 2.93. The topological polar surface area (TPSA) is 74.6 Å². The van der Waals surface area contributed by atoms with Gasteiger partial charge in [0.25, 0.3) is 0 Å². The van der Waals surface area contributed by atoms with Gasteiger partial charge in [-0.25, -0.2) is 0 Å².